The molecule has 38 heavy (non-hydrogen) atoms. The van der Waals surface area contributed by atoms with E-state index in [2.05, 4.69) is 15.8 Å². The van der Waals surface area contributed by atoms with Gasteiger partial charge in [0.1, 0.15) is 0 Å². The number of allylic oxidation sites excluding steroid dienone is 2. The van der Waals surface area contributed by atoms with Crippen LogP contribution < -0.4 is 10.7 Å². The molecule has 0 radical (unpaired) electrons. The van der Waals surface area contributed by atoms with Gasteiger partial charge in [0.05, 0.1) is 10.6 Å². The number of anilines is 1. The topological polar surface area (TPSA) is 114 Å². The molecule has 0 spiro atoms. The fraction of sp³-hybridized carbons (Fsp3) is 0.233. The van der Waals surface area contributed by atoms with Crippen LogP contribution in [0, 0.1) is 16.0 Å². The number of rotatable bonds is 7. The first kappa shape index (κ1) is 25.1. The molecule has 1 amide bonds. The molecule has 0 fully saturated rings. The summed E-state index contributed by atoms with van der Waals surface area (Å²) in [4.78, 5) is 35.6. The van der Waals surface area contributed by atoms with Crippen LogP contribution in [0.4, 0.5) is 11.4 Å². The maximum atomic E-state index is 13.1. The van der Waals surface area contributed by atoms with Gasteiger partial charge in [-0.3, -0.25) is 19.7 Å². The number of nitrogens with zero attached hydrogens (tertiary/aromatic N) is 2. The number of ketones is 1. The van der Waals surface area contributed by atoms with Gasteiger partial charge in [0.2, 0.25) is 5.91 Å². The molecule has 1 atom stereocenters. The summed E-state index contributed by atoms with van der Waals surface area (Å²) in [5.41, 5.74) is 9.47. The van der Waals surface area contributed by atoms with Crippen molar-refractivity contribution in [2.24, 2.45) is 11.0 Å². The van der Waals surface area contributed by atoms with Gasteiger partial charge in [-0.2, -0.15) is 5.10 Å². The van der Waals surface area contributed by atoms with E-state index in [4.69, 9.17) is 0 Å². The molecule has 0 bridgehead atoms. The second-order valence-corrected chi connectivity index (χ2v) is 9.71. The maximum Gasteiger partial charge on any atom is 0.270 e. The minimum absolute atomic E-state index is 0.0343. The van der Waals surface area contributed by atoms with Gasteiger partial charge in [0.15, 0.2) is 5.78 Å². The number of amides is 1. The van der Waals surface area contributed by atoms with Gasteiger partial charge in [-0.05, 0) is 47.2 Å². The Bertz CT molecular complexity index is 1470. The number of nitrogens with one attached hydrogen (secondary N) is 2. The van der Waals surface area contributed by atoms with Crippen LogP contribution in [0.5, 0.6) is 0 Å². The highest BCUT2D eigenvalue weighted by Gasteiger charge is 2.24. The lowest BCUT2D eigenvalue weighted by Gasteiger charge is -2.23. The summed E-state index contributed by atoms with van der Waals surface area (Å²) in [6.07, 6.45) is 2.89. The first-order chi connectivity index (χ1) is 18.4. The Morgan fingerprint density at radius 1 is 1.00 bits per heavy atom. The first-order valence-corrected chi connectivity index (χ1v) is 12.7. The molecule has 8 heteroatoms. The zero-order valence-electron chi connectivity index (χ0n) is 21.1. The minimum Gasteiger partial charge on any atom is -0.359 e. The lowest BCUT2D eigenvalue weighted by molar-refractivity contribution is -0.384. The number of hydrogen-bond acceptors (Lipinski definition) is 6. The van der Waals surface area contributed by atoms with Crippen molar-refractivity contribution in [2.45, 2.75) is 39.0 Å². The van der Waals surface area contributed by atoms with E-state index < -0.39 is 4.92 Å². The molecule has 1 aliphatic carbocycles. The summed E-state index contributed by atoms with van der Waals surface area (Å²) >= 11 is 0. The molecule has 0 saturated carbocycles. The number of non-ortho nitro benzene ring substituents is 1. The molecule has 1 aliphatic heterocycles. The molecule has 5 rings (SSSR count). The van der Waals surface area contributed by atoms with E-state index in [0.29, 0.717) is 19.3 Å². The highest BCUT2D eigenvalue weighted by atomic mass is 16.6. The molecule has 3 aromatic carbocycles. The van der Waals surface area contributed by atoms with Crippen LogP contribution in [0.15, 0.2) is 89.2 Å². The fourth-order valence-electron chi connectivity index (χ4n) is 5.07. The number of Topliss-reactive ketones (excluding diaryl/α,β-unsaturated/α-hetero) is 1. The Morgan fingerprint density at radius 2 is 1.79 bits per heavy atom. The quantitative estimate of drug-likeness (QED) is 0.310. The van der Waals surface area contributed by atoms with Crippen LogP contribution in [0.3, 0.4) is 0 Å². The summed E-state index contributed by atoms with van der Waals surface area (Å²) in [5, 5.41) is 19.0. The monoisotopic (exact) mass is 508 g/mol. The number of benzene rings is 3. The molecular weight excluding hydrogens is 480 g/mol. The van der Waals surface area contributed by atoms with E-state index >= 15 is 0 Å². The third-order valence-corrected chi connectivity index (χ3v) is 7.02. The van der Waals surface area contributed by atoms with Crippen LogP contribution in [0.25, 0.3) is 11.1 Å². The Labute approximate surface area is 220 Å². The molecule has 0 saturated heterocycles. The van der Waals surface area contributed by atoms with Crippen molar-refractivity contribution in [1.29, 1.82) is 0 Å². The molecule has 192 valence electrons. The van der Waals surface area contributed by atoms with Crippen LogP contribution in [-0.2, 0) is 16.0 Å². The number of nitro benzene ring substituents is 1. The SMILES string of the molecule is C[C@@H]1CC(=O)NN=C1c1ccc(NC2=C(Cc3ccccc3-c3cccc([N+](=O)[O-])c3)C(=O)CCC2)cc1. The van der Waals surface area contributed by atoms with Gasteiger partial charge in [0.25, 0.3) is 5.69 Å². The van der Waals surface area contributed by atoms with Crippen molar-refractivity contribution in [1.82, 2.24) is 5.43 Å². The average Bonchev–Trinajstić information content (AvgIpc) is 2.91. The number of carbonyl (C=O) groups is 2. The van der Waals surface area contributed by atoms with Crippen molar-refractivity contribution < 1.29 is 14.5 Å². The van der Waals surface area contributed by atoms with Gasteiger partial charge >= 0.3 is 0 Å². The van der Waals surface area contributed by atoms with Crippen molar-refractivity contribution in [2.75, 3.05) is 5.32 Å². The Kier molecular flexibility index (Phi) is 7.13. The summed E-state index contributed by atoms with van der Waals surface area (Å²) in [6.45, 7) is 1.99. The number of hydrazone groups is 1. The van der Waals surface area contributed by atoms with E-state index in [1.54, 1.807) is 12.1 Å². The average molecular weight is 509 g/mol. The van der Waals surface area contributed by atoms with Crippen molar-refractivity contribution in [3.05, 3.63) is 105 Å². The highest BCUT2D eigenvalue weighted by molar-refractivity contribution is 6.06. The molecule has 0 aromatic heterocycles. The second-order valence-electron chi connectivity index (χ2n) is 9.71. The van der Waals surface area contributed by atoms with E-state index in [1.165, 1.54) is 6.07 Å². The molecular formula is C30H28N4O4. The lowest BCUT2D eigenvalue weighted by Crippen LogP contribution is -2.31. The van der Waals surface area contributed by atoms with Crippen molar-refractivity contribution in [3.63, 3.8) is 0 Å². The van der Waals surface area contributed by atoms with E-state index in [9.17, 15) is 19.7 Å². The summed E-state index contributed by atoms with van der Waals surface area (Å²) in [6, 6.07) is 22.2. The van der Waals surface area contributed by atoms with Gasteiger partial charge < -0.3 is 5.32 Å². The predicted octanol–water partition coefficient (Wildman–Crippen LogP) is 5.78. The standard InChI is InChI=1S/C30H28N4O4/c1-19-16-29(36)32-33-30(19)20-12-14-23(15-13-20)31-27-10-5-11-28(35)26(27)18-22-6-2-3-9-25(22)21-7-4-8-24(17-21)34(37)38/h2-4,6-9,12-15,17,19,31H,5,10-11,16,18H2,1H3,(H,32,36)/t19-/m1/s1. The van der Waals surface area contributed by atoms with Crippen LogP contribution in [0.2, 0.25) is 0 Å². The van der Waals surface area contributed by atoms with Gasteiger partial charge in [-0.25, -0.2) is 5.43 Å². The van der Waals surface area contributed by atoms with Gasteiger partial charge in [-0.15, -0.1) is 0 Å². The van der Waals surface area contributed by atoms with E-state index in [1.807, 2.05) is 61.5 Å². The normalized spacial score (nSPS) is 17.6. The maximum absolute atomic E-state index is 13.1. The molecule has 2 N–H and O–H groups in total. The Balaban J connectivity index is 1.42. The van der Waals surface area contributed by atoms with E-state index in [-0.39, 0.29) is 23.3 Å². The summed E-state index contributed by atoms with van der Waals surface area (Å²) < 4.78 is 0. The Morgan fingerprint density at radius 3 is 2.55 bits per heavy atom. The zero-order valence-corrected chi connectivity index (χ0v) is 21.1. The van der Waals surface area contributed by atoms with Crippen LogP contribution in [0.1, 0.15) is 43.7 Å². The van der Waals surface area contributed by atoms with Gasteiger partial charge in [-0.1, -0.05) is 55.5 Å². The summed E-state index contributed by atoms with van der Waals surface area (Å²) in [7, 11) is 0. The molecule has 2 aliphatic rings. The van der Waals surface area contributed by atoms with Crippen LogP contribution in [-0.4, -0.2) is 22.3 Å². The van der Waals surface area contributed by atoms with Crippen molar-refractivity contribution >= 4 is 28.8 Å². The summed E-state index contributed by atoms with van der Waals surface area (Å²) in [5.74, 6) is 0.0809. The molecule has 8 nitrogen and oxygen atoms in total. The number of nitro groups is 1. The smallest absolute Gasteiger partial charge is 0.270 e. The zero-order chi connectivity index (χ0) is 26.6. The third kappa shape index (κ3) is 5.39. The van der Waals surface area contributed by atoms with Crippen molar-refractivity contribution in [3.8, 4) is 11.1 Å². The van der Waals surface area contributed by atoms with E-state index in [0.717, 1.165) is 57.8 Å². The number of hydrogen-bond donors (Lipinski definition) is 2. The third-order valence-electron chi connectivity index (χ3n) is 7.02. The molecule has 3 aromatic rings. The number of carbonyl (C=O) groups excluding carboxylic acids is 2. The highest BCUT2D eigenvalue weighted by Crippen LogP contribution is 2.32. The minimum atomic E-state index is -0.399. The Hall–Kier alpha value is -4.59. The lowest BCUT2D eigenvalue weighted by atomic mass is 9.87. The fourth-order valence-corrected chi connectivity index (χ4v) is 5.07. The van der Waals surface area contributed by atoms with Gasteiger partial charge in [0, 0.05) is 54.3 Å². The largest absolute Gasteiger partial charge is 0.359 e. The second kappa shape index (κ2) is 10.8. The van der Waals surface area contributed by atoms with Crippen LogP contribution >= 0.6 is 0 Å². The predicted molar refractivity (Wildman–Crippen MR) is 147 cm³/mol. The molecule has 0 unspecified atom stereocenters. The molecule has 1 heterocycles. The first-order valence-electron chi connectivity index (χ1n) is 12.7.